The molecule has 0 aromatic heterocycles. The minimum absolute atomic E-state index is 0.0104. The van der Waals surface area contributed by atoms with Gasteiger partial charge in [0.05, 0.1) is 0 Å². The van der Waals surface area contributed by atoms with Crippen molar-refractivity contribution in [2.45, 2.75) is 19.3 Å². The van der Waals surface area contributed by atoms with E-state index in [2.05, 4.69) is 0 Å². The monoisotopic (exact) mass is 238 g/mol. The number of rotatable bonds is 7. The highest BCUT2D eigenvalue weighted by Crippen LogP contribution is 2.02. The highest BCUT2D eigenvalue weighted by Gasteiger charge is 2.03. The zero-order valence-electron chi connectivity index (χ0n) is 8.87. The molecule has 0 saturated carbocycles. The molecule has 0 unspecified atom stereocenters. The summed E-state index contributed by atoms with van der Waals surface area (Å²) in [7, 11) is 0. The third kappa shape index (κ3) is 15.3. The van der Waals surface area contributed by atoms with Crippen LogP contribution in [0.5, 0.6) is 0 Å². The van der Waals surface area contributed by atoms with Crippen molar-refractivity contribution in [2.24, 2.45) is 5.92 Å². The fourth-order valence-corrected chi connectivity index (χ4v) is 0.750. The molecule has 0 radical (unpaired) electrons. The third-order valence-corrected chi connectivity index (χ3v) is 1.59. The molecule has 0 rings (SSSR count). The van der Waals surface area contributed by atoms with Gasteiger partial charge in [0.1, 0.15) is 6.42 Å². The summed E-state index contributed by atoms with van der Waals surface area (Å²) in [5.74, 6) is -2.67. The Balaban J connectivity index is 0. The van der Waals surface area contributed by atoms with Gasteiger partial charge in [-0.1, -0.05) is 0 Å². The Kier molecular flexibility index (Phi) is 12.8. The topological polar surface area (TPSA) is 135 Å². The normalized spacial score (nSPS) is 9.50. The van der Waals surface area contributed by atoms with Crippen LogP contribution in [0.3, 0.4) is 0 Å². The number of carboxylic acid groups (broad SMARTS) is 2. The molecule has 0 heterocycles. The van der Waals surface area contributed by atoms with Crippen molar-refractivity contribution in [2.75, 3.05) is 19.8 Å². The lowest BCUT2D eigenvalue weighted by molar-refractivity contribution is -0.147. The fourth-order valence-electron chi connectivity index (χ4n) is 0.750. The number of carboxylic acids is 2. The predicted molar refractivity (Wildman–Crippen MR) is 53.9 cm³/mol. The fraction of sp³-hybridized carbons (Fsp3) is 0.778. The number of aliphatic carboxylic acids is 2. The van der Waals surface area contributed by atoms with E-state index in [1.807, 2.05) is 0 Å². The van der Waals surface area contributed by atoms with E-state index >= 15 is 0 Å². The Morgan fingerprint density at radius 2 is 1.38 bits per heavy atom. The summed E-state index contributed by atoms with van der Waals surface area (Å²) >= 11 is 0. The number of hydrogen-bond donors (Lipinski definition) is 5. The summed E-state index contributed by atoms with van der Waals surface area (Å²) < 4.78 is 0. The lowest BCUT2D eigenvalue weighted by Gasteiger charge is -2.07. The largest absolute Gasteiger partial charge is 0.481 e. The summed E-state index contributed by atoms with van der Waals surface area (Å²) in [6.07, 6.45) is 0.551. The van der Waals surface area contributed by atoms with Gasteiger partial charge in [-0.2, -0.15) is 0 Å². The van der Waals surface area contributed by atoms with Gasteiger partial charge in [-0.15, -0.1) is 0 Å². The second kappa shape index (κ2) is 11.9. The Hall–Kier alpha value is -1.18. The van der Waals surface area contributed by atoms with Gasteiger partial charge in [-0.25, -0.2) is 0 Å². The third-order valence-electron chi connectivity index (χ3n) is 1.59. The number of carbonyl (C=O) groups is 2. The van der Waals surface area contributed by atoms with Crippen LogP contribution in [-0.4, -0.2) is 57.3 Å². The molecule has 0 aliphatic carbocycles. The van der Waals surface area contributed by atoms with E-state index in [0.717, 1.165) is 0 Å². The van der Waals surface area contributed by atoms with E-state index in [0.29, 0.717) is 12.8 Å². The van der Waals surface area contributed by atoms with E-state index in [1.165, 1.54) is 0 Å². The van der Waals surface area contributed by atoms with Crippen molar-refractivity contribution >= 4 is 11.9 Å². The first-order valence-electron chi connectivity index (χ1n) is 4.74. The van der Waals surface area contributed by atoms with E-state index < -0.39 is 18.4 Å². The molecule has 0 aliphatic heterocycles. The molecule has 96 valence electrons. The van der Waals surface area contributed by atoms with E-state index in [4.69, 9.17) is 25.5 Å². The number of aliphatic hydroxyl groups is 3. The summed E-state index contributed by atoms with van der Waals surface area (Å²) in [4.78, 5) is 18.9. The van der Waals surface area contributed by atoms with Crippen molar-refractivity contribution in [3.05, 3.63) is 0 Å². The molecular formula is C9H18O7. The lowest BCUT2D eigenvalue weighted by atomic mass is 10.1. The molecule has 0 aromatic rings. The van der Waals surface area contributed by atoms with Crippen LogP contribution in [0.15, 0.2) is 0 Å². The average molecular weight is 238 g/mol. The summed E-state index contributed by atoms with van der Waals surface area (Å²) in [5.41, 5.74) is 0. The van der Waals surface area contributed by atoms with Crippen LogP contribution in [0.4, 0.5) is 0 Å². The van der Waals surface area contributed by atoms with Crippen LogP contribution < -0.4 is 0 Å². The first kappa shape index (κ1) is 17.2. The van der Waals surface area contributed by atoms with Crippen LogP contribution in [-0.2, 0) is 9.59 Å². The summed E-state index contributed by atoms with van der Waals surface area (Å²) in [6, 6.07) is 0. The van der Waals surface area contributed by atoms with Crippen LogP contribution in [0.2, 0.25) is 0 Å². The quantitative estimate of drug-likeness (QED) is 0.355. The second-order valence-electron chi connectivity index (χ2n) is 3.06. The molecule has 7 heteroatoms. The summed E-state index contributed by atoms with van der Waals surface area (Å²) in [5, 5.41) is 40.8. The zero-order valence-corrected chi connectivity index (χ0v) is 8.87. The zero-order chi connectivity index (χ0) is 13.0. The average Bonchev–Trinajstić information content (AvgIpc) is 2.18. The molecule has 0 spiro atoms. The maximum absolute atomic E-state index is 9.43. The van der Waals surface area contributed by atoms with Gasteiger partial charge in [0.2, 0.25) is 0 Å². The molecule has 0 atom stereocenters. The Morgan fingerprint density at radius 3 is 1.56 bits per heavy atom. The van der Waals surface area contributed by atoms with Gasteiger partial charge >= 0.3 is 11.9 Å². The minimum Gasteiger partial charge on any atom is -0.481 e. The van der Waals surface area contributed by atoms with E-state index in [1.54, 1.807) is 0 Å². The first-order valence-corrected chi connectivity index (χ1v) is 4.74. The maximum Gasteiger partial charge on any atom is 0.314 e. The maximum atomic E-state index is 9.43. The Labute approximate surface area is 93.0 Å². The smallest absolute Gasteiger partial charge is 0.314 e. The SMILES string of the molecule is O=C(O)CC(=O)O.OCCCC(CO)CO. The first-order chi connectivity index (χ1) is 7.47. The van der Waals surface area contributed by atoms with Crippen LogP contribution in [0.1, 0.15) is 19.3 Å². The van der Waals surface area contributed by atoms with Gasteiger partial charge in [-0.05, 0) is 12.8 Å². The molecule has 0 saturated heterocycles. The molecule has 0 aliphatic rings. The van der Waals surface area contributed by atoms with Gasteiger partial charge < -0.3 is 25.5 Å². The van der Waals surface area contributed by atoms with Crippen LogP contribution in [0.25, 0.3) is 0 Å². The van der Waals surface area contributed by atoms with Crippen LogP contribution >= 0.6 is 0 Å². The summed E-state index contributed by atoms with van der Waals surface area (Å²) in [6.45, 7) is 0.156. The van der Waals surface area contributed by atoms with Crippen molar-refractivity contribution in [3.8, 4) is 0 Å². The number of aliphatic hydroxyl groups excluding tert-OH is 3. The molecule has 5 N–H and O–H groups in total. The highest BCUT2D eigenvalue weighted by atomic mass is 16.4. The van der Waals surface area contributed by atoms with Gasteiger partial charge in [0.15, 0.2) is 0 Å². The Bertz CT molecular complexity index is 176. The number of hydrogen-bond acceptors (Lipinski definition) is 5. The molecule has 0 aromatic carbocycles. The van der Waals surface area contributed by atoms with E-state index in [9.17, 15) is 9.59 Å². The van der Waals surface area contributed by atoms with Crippen molar-refractivity contribution in [3.63, 3.8) is 0 Å². The minimum atomic E-state index is -1.31. The predicted octanol–water partition coefficient (Wildman–Crippen LogP) is -1.09. The van der Waals surface area contributed by atoms with Crippen molar-refractivity contribution in [1.82, 2.24) is 0 Å². The van der Waals surface area contributed by atoms with Crippen molar-refractivity contribution < 1.29 is 35.1 Å². The molecule has 16 heavy (non-hydrogen) atoms. The molecular weight excluding hydrogens is 220 g/mol. The molecule has 0 amide bonds. The second-order valence-corrected chi connectivity index (χ2v) is 3.06. The molecule has 0 fully saturated rings. The van der Waals surface area contributed by atoms with Crippen LogP contribution in [0, 0.1) is 5.92 Å². The van der Waals surface area contributed by atoms with E-state index in [-0.39, 0.29) is 25.7 Å². The lowest BCUT2D eigenvalue weighted by Crippen LogP contribution is -2.11. The van der Waals surface area contributed by atoms with Crippen molar-refractivity contribution in [1.29, 1.82) is 0 Å². The van der Waals surface area contributed by atoms with Gasteiger partial charge in [0, 0.05) is 25.7 Å². The Morgan fingerprint density at radius 1 is 0.938 bits per heavy atom. The highest BCUT2D eigenvalue weighted by molar-refractivity contribution is 5.88. The van der Waals surface area contributed by atoms with Gasteiger partial charge in [-0.3, -0.25) is 9.59 Å². The standard InChI is InChI=1S/C6H14O3.C3H4O4/c7-3-1-2-6(4-8)5-9;4-2(5)1-3(6)7/h6-9H,1-5H2;1H2,(H,4,5)(H,6,7). The molecule has 0 bridgehead atoms. The van der Waals surface area contributed by atoms with Gasteiger partial charge in [0.25, 0.3) is 0 Å². The molecule has 7 nitrogen and oxygen atoms in total.